The van der Waals surface area contributed by atoms with Crippen molar-refractivity contribution in [2.45, 2.75) is 0 Å². The molecule has 1 aromatic carbocycles. The number of carbonyl (C=O) groups excluding carboxylic acids is 3. The number of rotatable bonds is 2. The minimum atomic E-state index is -0.567. The van der Waals surface area contributed by atoms with Gasteiger partial charge >= 0.3 is 5.97 Å². The smallest absolute Gasteiger partial charge is 0.325 e. The molecule has 6 nitrogen and oxygen atoms in total. The Morgan fingerprint density at radius 3 is 2.65 bits per heavy atom. The number of fused-ring (bicyclic) bond motifs is 1. The molecule has 2 aliphatic heterocycles. The number of thioether (sulfide) groups is 1. The molecule has 3 rings (SSSR count). The Kier molecular flexibility index (Phi) is 3.95. The number of hydrogen-bond donors (Lipinski definition) is 0. The first kappa shape index (κ1) is 15.7. The van der Waals surface area contributed by atoms with Gasteiger partial charge in [-0.2, -0.15) is 0 Å². The maximum absolute atomic E-state index is 12.6. The standard InChI is InChI=1S/C15H12N2O4S2/c1-16-9-6-4-3-5-8(9)11(13(16)19)12-14(20)17(15(22)23-12)7-10(18)21-2/h3-6H,7H2,1-2H3. The van der Waals surface area contributed by atoms with Gasteiger partial charge in [0.15, 0.2) is 0 Å². The third-order valence-electron chi connectivity index (χ3n) is 3.64. The number of methoxy groups -OCH3 is 1. The molecule has 0 spiro atoms. The van der Waals surface area contributed by atoms with Gasteiger partial charge in [-0.3, -0.25) is 19.3 Å². The fraction of sp³-hybridized carbons (Fsp3) is 0.200. The van der Waals surface area contributed by atoms with Crippen LogP contribution in [0.2, 0.25) is 0 Å². The molecule has 23 heavy (non-hydrogen) atoms. The van der Waals surface area contributed by atoms with E-state index >= 15 is 0 Å². The molecule has 2 aliphatic rings. The van der Waals surface area contributed by atoms with Crippen molar-refractivity contribution >= 4 is 57.3 Å². The summed E-state index contributed by atoms with van der Waals surface area (Å²) in [6, 6.07) is 7.24. The zero-order valence-electron chi connectivity index (χ0n) is 12.4. The number of esters is 1. The number of likely N-dealkylation sites (N-methyl/N-ethyl adjacent to an activating group) is 1. The van der Waals surface area contributed by atoms with Gasteiger partial charge in [0.25, 0.3) is 11.8 Å². The van der Waals surface area contributed by atoms with Gasteiger partial charge in [-0.15, -0.1) is 0 Å². The summed E-state index contributed by atoms with van der Waals surface area (Å²) in [6.45, 7) is -0.260. The van der Waals surface area contributed by atoms with Crippen LogP contribution >= 0.6 is 24.0 Å². The Labute approximate surface area is 142 Å². The third-order valence-corrected chi connectivity index (χ3v) is 5.09. The molecule has 2 heterocycles. The highest BCUT2D eigenvalue weighted by Crippen LogP contribution is 2.43. The fourth-order valence-electron chi connectivity index (χ4n) is 2.47. The molecule has 0 radical (unpaired) electrons. The second kappa shape index (κ2) is 5.78. The van der Waals surface area contributed by atoms with Crippen molar-refractivity contribution in [1.82, 2.24) is 4.90 Å². The molecule has 1 fully saturated rings. The second-order valence-electron chi connectivity index (χ2n) is 4.92. The summed E-state index contributed by atoms with van der Waals surface area (Å²) in [5.74, 6) is -1.27. The van der Waals surface area contributed by atoms with Crippen LogP contribution in [0.1, 0.15) is 5.56 Å². The first-order valence-corrected chi connectivity index (χ1v) is 7.90. The molecule has 1 aromatic rings. The monoisotopic (exact) mass is 348 g/mol. The van der Waals surface area contributed by atoms with Crippen molar-refractivity contribution in [3.05, 3.63) is 34.7 Å². The van der Waals surface area contributed by atoms with Gasteiger partial charge in [-0.25, -0.2) is 0 Å². The van der Waals surface area contributed by atoms with Crippen LogP contribution in [0.25, 0.3) is 5.57 Å². The molecule has 0 bridgehead atoms. The molecular formula is C15H12N2O4S2. The number of anilines is 1. The lowest BCUT2D eigenvalue weighted by Crippen LogP contribution is -2.34. The first-order valence-electron chi connectivity index (χ1n) is 6.68. The van der Waals surface area contributed by atoms with E-state index in [1.807, 2.05) is 12.1 Å². The lowest BCUT2D eigenvalue weighted by atomic mass is 10.1. The number of para-hydroxylation sites is 1. The van der Waals surface area contributed by atoms with Gasteiger partial charge in [0, 0.05) is 12.6 Å². The molecule has 118 valence electrons. The molecule has 0 atom stereocenters. The van der Waals surface area contributed by atoms with Crippen LogP contribution in [0.3, 0.4) is 0 Å². The molecule has 2 amide bonds. The molecule has 0 aromatic heterocycles. The maximum atomic E-state index is 12.6. The molecule has 1 saturated heterocycles. The van der Waals surface area contributed by atoms with Crippen LogP contribution in [0.4, 0.5) is 5.69 Å². The van der Waals surface area contributed by atoms with E-state index in [9.17, 15) is 14.4 Å². The number of amides is 2. The number of nitrogens with zero attached hydrogens (tertiary/aromatic N) is 2. The zero-order valence-corrected chi connectivity index (χ0v) is 14.0. The van der Waals surface area contributed by atoms with Crippen LogP contribution in [0.5, 0.6) is 0 Å². The van der Waals surface area contributed by atoms with Gasteiger partial charge in [0.05, 0.1) is 23.3 Å². The summed E-state index contributed by atoms with van der Waals surface area (Å²) in [5, 5.41) is 0. The van der Waals surface area contributed by atoms with Crippen LogP contribution in [0.15, 0.2) is 29.2 Å². The molecule has 0 saturated carbocycles. The normalized spacial score (nSPS) is 20.3. The lowest BCUT2D eigenvalue weighted by Gasteiger charge is -2.12. The van der Waals surface area contributed by atoms with Crippen LogP contribution in [-0.4, -0.2) is 47.7 Å². The van der Waals surface area contributed by atoms with E-state index in [0.29, 0.717) is 11.1 Å². The van der Waals surface area contributed by atoms with Crippen LogP contribution in [-0.2, 0) is 19.1 Å². The van der Waals surface area contributed by atoms with Gasteiger partial charge < -0.3 is 9.64 Å². The van der Waals surface area contributed by atoms with Gasteiger partial charge in [-0.05, 0) is 6.07 Å². The van der Waals surface area contributed by atoms with E-state index in [1.54, 1.807) is 19.2 Å². The average Bonchev–Trinajstić information content (AvgIpc) is 2.96. The number of carbonyl (C=O) groups is 3. The van der Waals surface area contributed by atoms with Gasteiger partial charge in [0.2, 0.25) is 0 Å². The summed E-state index contributed by atoms with van der Waals surface area (Å²) < 4.78 is 4.81. The maximum Gasteiger partial charge on any atom is 0.325 e. The molecule has 8 heteroatoms. The highest BCUT2D eigenvalue weighted by atomic mass is 32.2. The number of hydrogen-bond acceptors (Lipinski definition) is 6. The minimum Gasteiger partial charge on any atom is -0.468 e. The predicted molar refractivity (Wildman–Crippen MR) is 90.7 cm³/mol. The highest BCUT2D eigenvalue weighted by Gasteiger charge is 2.41. The first-order chi connectivity index (χ1) is 11.0. The third kappa shape index (κ3) is 2.43. The largest absolute Gasteiger partial charge is 0.468 e. The summed E-state index contributed by atoms with van der Waals surface area (Å²) in [6.07, 6.45) is 0. The summed E-state index contributed by atoms with van der Waals surface area (Å²) >= 11 is 6.20. The van der Waals surface area contributed by atoms with Crippen molar-refractivity contribution in [2.75, 3.05) is 25.6 Å². The summed E-state index contributed by atoms with van der Waals surface area (Å²) in [4.78, 5) is 39.5. The van der Waals surface area contributed by atoms with E-state index in [4.69, 9.17) is 12.2 Å². The second-order valence-corrected chi connectivity index (χ2v) is 6.57. The van der Waals surface area contributed by atoms with E-state index in [0.717, 1.165) is 22.3 Å². The van der Waals surface area contributed by atoms with Crippen LogP contribution < -0.4 is 4.90 Å². The van der Waals surface area contributed by atoms with Crippen molar-refractivity contribution in [3.8, 4) is 0 Å². The fourth-order valence-corrected chi connectivity index (χ4v) is 3.80. The van der Waals surface area contributed by atoms with Crippen molar-refractivity contribution < 1.29 is 19.1 Å². The Morgan fingerprint density at radius 2 is 1.96 bits per heavy atom. The van der Waals surface area contributed by atoms with E-state index in [-0.39, 0.29) is 21.7 Å². The Balaban J connectivity index is 2.06. The number of benzene rings is 1. The summed E-state index contributed by atoms with van der Waals surface area (Å²) in [5.41, 5.74) is 1.76. The molecule has 0 unspecified atom stereocenters. The molecular weight excluding hydrogens is 336 g/mol. The Bertz CT molecular complexity index is 787. The van der Waals surface area contributed by atoms with Gasteiger partial charge in [-0.1, -0.05) is 42.2 Å². The van der Waals surface area contributed by atoms with Crippen molar-refractivity contribution in [2.24, 2.45) is 0 Å². The number of thiocarbonyl (C=S) groups is 1. The van der Waals surface area contributed by atoms with Crippen molar-refractivity contribution in [3.63, 3.8) is 0 Å². The van der Waals surface area contributed by atoms with Crippen molar-refractivity contribution in [1.29, 1.82) is 0 Å². The van der Waals surface area contributed by atoms with E-state index in [1.165, 1.54) is 12.0 Å². The summed E-state index contributed by atoms with van der Waals surface area (Å²) in [7, 11) is 2.90. The quantitative estimate of drug-likeness (QED) is 0.457. The zero-order chi connectivity index (χ0) is 16.7. The Morgan fingerprint density at radius 1 is 1.26 bits per heavy atom. The van der Waals surface area contributed by atoms with E-state index in [2.05, 4.69) is 4.74 Å². The SMILES string of the molecule is COC(=O)CN1C(=O)C(=C2C(=O)N(C)c3ccccc32)SC1=S. The van der Waals surface area contributed by atoms with E-state index < -0.39 is 11.9 Å². The molecule has 0 N–H and O–H groups in total. The lowest BCUT2D eigenvalue weighted by molar-refractivity contribution is -0.143. The Hall–Kier alpha value is -2.19. The molecule has 0 aliphatic carbocycles. The highest BCUT2D eigenvalue weighted by molar-refractivity contribution is 8.26. The minimum absolute atomic E-state index is 0.239. The van der Waals surface area contributed by atoms with Gasteiger partial charge in [0.1, 0.15) is 10.9 Å². The average molecular weight is 348 g/mol. The predicted octanol–water partition coefficient (Wildman–Crippen LogP) is 1.41. The number of ether oxygens (including phenoxy) is 1. The topological polar surface area (TPSA) is 66.9 Å². The van der Waals surface area contributed by atoms with Crippen LogP contribution in [0, 0.1) is 0 Å².